The Labute approximate surface area is 128 Å². The summed E-state index contributed by atoms with van der Waals surface area (Å²) in [5.41, 5.74) is 1.09. The van der Waals surface area contributed by atoms with Crippen LogP contribution in [0.25, 0.3) is 0 Å². The molecule has 20 heavy (non-hydrogen) atoms. The van der Waals surface area contributed by atoms with Crippen LogP contribution in [0.2, 0.25) is 0 Å². The number of aliphatic hydroxyl groups is 1. The Balaban J connectivity index is 1.70. The normalized spacial score (nSPS) is 30.4. The van der Waals surface area contributed by atoms with Crippen LogP contribution in [-0.4, -0.2) is 21.9 Å². The van der Waals surface area contributed by atoms with Gasteiger partial charge >= 0.3 is 0 Å². The summed E-state index contributed by atoms with van der Waals surface area (Å²) < 4.78 is -0.919. The Kier molecular flexibility index (Phi) is 3.47. The minimum atomic E-state index is -0.985. The number of aryl methyl sites for hydroxylation is 1. The van der Waals surface area contributed by atoms with Gasteiger partial charge in [-0.1, -0.05) is 24.3 Å². The van der Waals surface area contributed by atoms with Gasteiger partial charge < -0.3 is 10.4 Å². The predicted octanol–water partition coefficient (Wildman–Crippen LogP) is 2.52. The highest BCUT2D eigenvalue weighted by atomic mass is 35.5. The first-order valence-corrected chi connectivity index (χ1v) is 7.64. The molecule has 5 heteroatoms. The summed E-state index contributed by atoms with van der Waals surface area (Å²) in [7, 11) is 0. The van der Waals surface area contributed by atoms with E-state index >= 15 is 0 Å². The number of benzene rings is 1. The quantitative estimate of drug-likeness (QED) is 0.842. The third-order valence-corrected chi connectivity index (χ3v) is 5.09. The molecule has 2 N–H and O–H groups in total. The van der Waals surface area contributed by atoms with Gasteiger partial charge in [0.25, 0.3) is 0 Å². The molecule has 2 unspecified atom stereocenters. The summed E-state index contributed by atoms with van der Waals surface area (Å²) in [6, 6.07) is 7.86. The van der Waals surface area contributed by atoms with Crippen LogP contribution in [0.1, 0.15) is 30.4 Å². The first kappa shape index (κ1) is 14.2. The van der Waals surface area contributed by atoms with Gasteiger partial charge in [-0.05, 0) is 36.8 Å². The van der Waals surface area contributed by atoms with Crippen LogP contribution in [0.4, 0.5) is 0 Å². The van der Waals surface area contributed by atoms with E-state index in [0.29, 0.717) is 12.8 Å². The molecule has 0 spiro atoms. The summed E-state index contributed by atoms with van der Waals surface area (Å²) >= 11 is 11.8. The molecule has 0 saturated heterocycles. The van der Waals surface area contributed by atoms with Crippen molar-refractivity contribution in [3.63, 3.8) is 0 Å². The molecule has 0 heterocycles. The lowest BCUT2D eigenvalue weighted by molar-refractivity contribution is -0.123. The Morgan fingerprint density at radius 2 is 2.10 bits per heavy atom. The molecule has 1 fully saturated rings. The van der Waals surface area contributed by atoms with Gasteiger partial charge in [-0.3, -0.25) is 4.79 Å². The number of nitrogens with one attached hydrogen (secondary N) is 1. The molecule has 1 aromatic rings. The maximum absolute atomic E-state index is 11.9. The molecule has 1 saturated carbocycles. The topological polar surface area (TPSA) is 49.3 Å². The summed E-state index contributed by atoms with van der Waals surface area (Å²) in [6.07, 6.45) is 3.03. The van der Waals surface area contributed by atoms with E-state index in [9.17, 15) is 9.90 Å². The number of carbonyl (C=O) groups is 1. The molecule has 1 aromatic carbocycles. The van der Waals surface area contributed by atoms with Crippen molar-refractivity contribution in [3.8, 4) is 0 Å². The third-order valence-electron chi connectivity index (χ3n) is 4.25. The molecule has 2 aliphatic rings. The van der Waals surface area contributed by atoms with E-state index in [1.807, 2.05) is 24.3 Å². The van der Waals surface area contributed by atoms with Crippen LogP contribution in [0.3, 0.4) is 0 Å². The molecule has 3 nitrogen and oxygen atoms in total. The highest BCUT2D eigenvalue weighted by Gasteiger charge is 2.56. The smallest absolute Gasteiger partial charge is 0.226 e. The second-order valence-corrected chi connectivity index (χ2v) is 7.32. The number of fused-ring (bicyclic) bond motifs is 1. The van der Waals surface area contributed by atoms with Crippen molar-refractivity contribution in [2.75, 3.05) is 6.54 Å². The zero-order valence-corrected chi connectivity index (χ0v) is 12.5. The van der Waals surface area contributed by atoms with E-state index in [0.717, 1.165) is 24.0 Å². The van der Waals surface area contributed by atoms with Crippen LogP contribution in [-0.2, 0) is 16.8 Å². The van der Waals surface area contributed by atoms with Crippen molar-refractivity contribution in [1.29, 1.82) is 0 Å². The zero-order valence-electron chi connectivity index (χ0n) is 11.0. The van der Waals surface area contributed by atoms with Crippen LogP contribution in [0.5, 0.6) is 0 Å². The number of halogens is 2. The van der Waals surface area contributed by atoms with E-state index in [1.54, 1.807) is 0 Å². The molecule has 0 aromatic heterocycles. The molecule has 2 atom stereocenters. The Morgan fingerprint density at radius 1 is 1.40 bits per heavy atom. The predicted molar refractivity (Wildman–Crippen MR) is 78.8 cm³/mol. The van der Waals surface area contributed by atoms with Gasteiger partial charge in [0.15, 0.2) is 0 Å². The standard InChI is InChI=1S/C15H17Cl2NO2/c16-15(17)8-12(15)13(19)18-9-14(20)7-3-5-10-4-1-2-6-11(10)14/h1-2,4,6,12,20H,3,5,7-9H2,(H,18,19). The monoisotopic (exact) mass is 313 g/mol. The lowest BCUT2D eigenvalue weighted by atomic mass is 9.79. The SMILES string of the molecule is O=C(NCC1(O)CCCc2ccccc21)C1CC1(Cl)Cl. The number of hydrogen-bond acceptors (Lipinski definition) is 2. The lowest BCUT2D eigenvalue weighted by Crippen LogP contribution is -2.43. The minimum Gasteiger partial charge on any atom is -0.383 e. The summed E-state index contributed by atoms with van der Waals surface area (Å²) in [5.74, 6) is -0.528. The van der Waals surface area contributed by atoms with E-state index in [2.05, 4.69) is 5.32 Å². The van der Waals surface area contributed by atoms with E-state index in [-0.39, 0.29) is 18.4 Å². The second-order valence-electron chi connectivity index (χ2n) is 5.78. The van der Waals surface area contributed by atoms with Gasteiger partial charge in [0.1, 0.15) is 9.93 Å². The van der Waals surface area contributed by atoms with Crippen molar-refractivity contribution >= 4 is 29.1 Å². The number of carbonyl (C=O) groups excluding carboxylic acids is 1. The average Bonchev–Trinajstić information content (AvgIpc) is 3.06. The molecule has 0 radical (unpaired) electrons. The van der Waals surface area contributed by atoms with Crippen LogP contribution in [0.15, 0.2) is 24.3 Å². The zero-order chi connectivity index (χ0) is 14.4. The fourth-order valence-corrected chi connectivity index (χ4v) is 3.44. The van der Waals surface area contributed by atoms with Crippen LogP contribution < -0.4 is 5.32 Å². The van der Waals surface area contributed by atoms with E-state index < -0.39 is 9.93 Å². The van der Waals surface area contributed by atoms with Gasteiger partial charge in [0, 0.05) is 0 Å². The van der Waals surface area contributed by atoms with Gasteiger partial charge in [0.05, 0.1) is 12.5 Å². The third kappa shape index (κ3) is 2.54. The highest BCUT2D eigenvalue weighted by Crippen LogP contribution is 2.53. The summed E-state index contributed by atoms with van der Waals surface area (Å²) in [6.45, 7) is 0.212. The fourth-order valence-electron chi connectivity index (χ4n) is 2.94. The van der Waals surface area contributed by atoms with Crippen LogP contribution >= 0.6 is 23.2 Å². The van der Waals surface area contributed by atoms with Crippen molar-refractivity contribution in [3.05, 3.63) is 35.4 Å². The molecule has 108 valence electrons. The first-order chi connectivity index (χ1) is 9.42. The molecule has 0 bridgehead atoms. The van der Waals surface area contributed by atoms with Crippen molar-refractivity contribution in [2.24, 2.45) is 5.92 Å². The van der Waals surface area contributed by atoms with Crippen molar-refractivity contribution in [1.82, 2.24) is 5.32 Å². The molecule has 1 amide bonds. The number of hydrogen-bond donors (Lipinski definition) is 2. The van der Waals surface area contributed by atoms with Crippen molar-refractivity contribution < 1.29 is 9.90 Å². The van der Waals surface area contributed by atoms with Gasteiger partial charge in [-0.15, -0.1) is 23.2 Å². The minimum absolute atomic E-state index is 0.175. The van der Waals surface area contributed by atoms with Crippen LogP contribution in [0, 0.1) is 5.92 Å². The molecule has 3 rings (SSSR count). The average molecular weight is 314 g/mol. The van der Waals surface area contributed by atoms with E-state index in [4.69, 9.17) is 23.2 Å². The number of alkyl halides is 2. The number of rotatable bonds is 3. The maximum Gasteiger partial charge on any atom is 0.226 e. The first-order valence-electron chi connectivity index (χ1n) is 6.89. The fraction of sp³-hybridized carbons (Fsp3) is 0.533. The Morgan fingerprint density at radius 3 is 2.80 bits per heavy atom. The Hall–Kier alpha value is -0.770. The lowest BCUT2D eigenvalue weighted by Gasteiger charge is -2.34. The summed E-state index contributed by atoms with van der Waals surface area (Å²) in [5, 5.41) is 13.6. The Bertz CT molecular complexity index is 546. The van der Waals surface area contributed by atoms with Gasteiger partial charge in [-0.2, -0.15) is 0 Å². The molecular formula is C15H17Cl2NO2. The largest absolute Gasteiger partial charge is 0.383 e. The van der Waals surface area contributed by atoms with E-state index in [1.165, 1.54) is 0 Å². The molecule has 0 aliphatic heterocycles. The number of amides is 1. The molecular weight excluding hydrogens is 297 g/mol. The second kappa shape index (κ2) is 4.90. The maximum atomic E-state index is 11.9. The van der Waals surface area contributed by atoms with Gasteiger partial charge in [0.2, 0.25) is 5.91 Å². The van der Waals surface area contributed by atoms with Crippen molar-refractivity contribution in [2.45, 2.75) is 35.6 Å². The van der Waals surface area contributed by atoms with Gasteiger partial charge in [-0.25, -0.2) is 0 Å². The highest BCUT2D eigenvalue weighted by molar-refractivity contribution is 6.52. The summed E-state index contributed by atoms with van der Waals surface area (Å²) in [4.78, 5) is 11.9. The molecule has 2 aliphatic carbocycles.